The highest BCUT2D eigenvalue weighted by molar-refractivity contribution is 7.09. The summed E-state index contributed by atoms with van der Waals surface area (Å²) in [4.78, 5) is 9.08. The van der Waals surface area contributed by atoms with E-state index in [2.05, 4.69) is 18.8 Å². The van der Waals surface area contributed by atoms with Crippen LogP contribution in [0.15, 0.2) is 16.5 Å². The van der Waals surface area contributed by atoms with Crippen molar-refractivity contribution >= 4 is 17.2 Å². The summed E-state index contributed by atoms with van der Waals surface area (Å²) in [5.41, 5.74) is -0.460. The number of hydrogen-bond acceptors (Lipinski definition) is 5. The van der Waals surface area contributed by atoms with Gasteiger partial charge in [0.2, 0.25) is 0 Å². The molecule has 0 radical (unpaired) electrons. The fraction of sp³-hybridized carbons (Fsp3) is 0.692. The molecule has 0 N–H and O–H groups in total. The highest BCUT2D eigenvalue weighted by atomic mass is 32.1. The molecule has 5 heteroatoms. The summed E-state index contributed by atoms with van der Waals surface area (Å²) in [6.07, 6.45) is 1.53. The van der Waals surface area contributed by atoms with Gasteiger partial charge < -0.3 is 9.47 Å². The van der Waals surface area contributed by atoms with Crippen molar-refractivity contribution in [1.29, 1.82) is 0 Å². The molecular weight excluding hydrogens is 248 g/mol. The summed E-state index contributed by atoms with van der Waals surface area (Å²) in [6, 6.07) is 0. The molecule has 0 aromatic carbocycles. The van der Waals surface area contributed by atoms with Crippen LogP contribution in [0.5, 0.6) is 0 Å². The minimum absolute atomic E-state index is 0.0990. The normalized spacial score (nSPS) is 40.5. The number of nitrogens with zero attached hydrogens (tertiary/aromatic N) is 2. The van der Waals surface area contributed by atoms with E-state index in [-0.39, 0.29) is 18.1 Å². The molecule has 0 spiro atoms. The predicted molar refractivity (Wildman–Crippen MR) is 71.0 cm³/mol. The summed E-state index contributed by atoms with van der Waals surface area (Å²) < 4.78 is 19.3. The minimum atomic E-state index is -0.460. The lowest BCUT2D eigenvalue weighted by atomic mass is 9.75. The molecular formula is C13H18N2O2S. The van der Waals surface area contributed by atoms with Crippen molar-refractivity contribution in [3.8, 4) is 0 Å². The molecule has 3 rings (SSSR count). The van der Waals surface area contributed by atoms with Crippen molar-refractivity contribution in [3.63, 3.8) is 0 Å². The molecule has 98 valence electrons. The van der Waals surface area contributed by atoms with Gasteiger partial charge in [0.1, 0.15) is 16.7 Å². The van der Waals surface area contributed by atoms with Crippen LogP contribution in [0.25, 0.3) is 0 Å². The number of thiazole rings is 1. The Morgan fingerprint density at radius 3 is 3.11 bits per heavy atom. The van der Waals surface area contributed by atoms with Crippen LogP contribution in [0, 0.1) is 5.92 Å². The molecule has 2 aliphatic heterocycles. The van der Waals surface area contributed by atoms with Crippen molar-refractivity contribution in [3.05, 3.63) is 16.6 Å². The largest absolute Gasteiger partial charge is 0.478 e. The van der Waals surface area contributed by atoms with E-state index in [0.717, 1.165) is 11.4 Å². The lowest BCUT2D eigenvalue weighted by molar-refractivity contribution is -0.0935. The maximum atomic E-state index is 7.66. The van der Waals surface area contributed by atoms with Crippen LogP contribution < -0.4 is 0 Å². The van der Waals surface area contributed by atoms with Crippen molar-refractivity contribution in [1.82, 2.24) is 4.98 Å². The van der Waals surface area contributed by atoms with Gasteiger partial charge in [0.15, 0.2) is 5.90 Å². The average molecular weight is 267 g/mol. The summed E-state index contributed by atoms with van der Waals surface area (Å²) in [7, 11) is 0. The maximum absolute atomic E-state index is 7.66. The number of fused-ring (bicyclic) bond motifs is 1. The van der Waals surface area contributed by atoms with Gasteiger partial charge in [0.05, 0.1) is 14.1 Å². The third-order valence-corrected chi connectivity index (χ3v) is 4.72. The van der Waals surface area contributed by atoms with Crippen molar-refractivity contribution in [2.75, 3.05) is 6.61 Å². The molecule has 1 aromatic heterocycles. The van der Waals surface area contributed by atoms with Crippen LogP contribution >= 0.6 is 11.3 Å². The summed E-state index contributed by atoms with van der Waals surface area (Å²) in [5.74, 6) is 0.939. The van der Waals surface area contributed by atoms with Gasteiger partial charge in [-0.1, -0.05) is 0 Å². The summed E-state index contributed by atoms with van der Waals surface area (Å²) >= 11 is 1.50. The first-order valence-corrected chi connectivity index (χ1v) is 7.16. The van der Waals surface area contributed by atoms with Crippen LogP contribution in [0.2, 0.25) is 0 Å². The first-order chi connectivity index (χ1) is 9.01. The average Bonchev–Trinajstić information content (AvgIpc) is 2.78. The Labute approximate surface area is 112 Å². The fourth-order valence-corrected chi connectivity index (χ4v) is 3.79. The molecule has 0 unspecified atom stereocenters. The van der Waals surface area contributed by atoms with Crippen molar-refractivity contribution in [2.24, 2.45) is 10.9 Å². The molecule has 4 nitrogen and oxygen atoms in total. The Balaban J connectivity index is 2.09. The third-order valence-electron chi connectivity index (χ3n) is 3.83. The molecule has 0 amide bonds. The SMILES string of the molecule is [2H]c1csc([C@]23CO[C@@H](C)C[C@H]2[C@@H](C)OC(C)=N3)n1. The third kappa shape index (κ3) is 1.77. The van der Waals surface area contributed by atoms with Crippen LogP contribution in [-0.2, 0) is 15.0 Å². The Morgan fingerprint density at radius 2 is 2.39 bits per heavy atom. The number of rotatable bonds is 1. The van der Waals surface area contributed by atoms with E-state index in [0.29, 0.717) is 18.7 Å². The lowest BCUT2D eigenvalue weighted by Gasteiger charge is -2.47. The number of aliphatic imine (C=N–C) groups is 1. The number of hydrogen-bond donors (Lipinski definition) is 0. The standard InChI is InChI=1S/C13H18N2O2S/c1-8-6-11-9(2)17-10(3)15-13(11,7-16-8)12-14-4-5-18-12/h4-5,8-9,11H,6-7H2,1-3H3/t8-,9+,11-,13-/m0/s1/i4D. The summed E-state index contributed by atoms with van der Waals surface area (Å²) in [6.45, 7) is 6.57. The van der Waals surface area contributed by atoms with Gasteiger partial charge in [-0.05, 0) is 20.3 Å². The zero-order valence-corrected chi connectivity index (χ0v) is 11.7. The Bertz CT molecular complexity index is 518. The zero-order chi connectivity index (χ0) is 13.6. The molecule has 1 aromatic rings. The van der Waals surface area contributed by atoms with Gasteiger partial charge in [-0.25, -0.2) is 9.98 Å². The second-order valence-corrected chi connectivity index (χ2v) is 5.98. The van der Waals surface area contributed by atoms with E-state index in [1.165, 1.54) is 11.3 Å². The monoisotopic (exact) mass is 267 g/mol. The van der Waals surface area contributed by atoms with Gasteiger partial charge >= 0.3 is 0 Å². The molecule has 1 saturated heterocycles. The first kappa shape index (κ1) is 10.9. The smallest absolute Gasteiger partial charge is 0.181 e. The van der Waals surface area contributed by atoms with Gasteiger partial charge in [0, 0.05) is 24.4 Å². The highest BCUT2D eigenvalue weighted by Gasteiger charge is 2.52. The molecule has 4 atom stereocenters. The summed E-state index contributed by atoms with van der Waals surface area (Å²) in [5, 5.41) is 2.63. The molecule has 0 aliphatic carbocycles. The number of aromatic nitrogens is 1. The van der Waals surface area contributed by atoms with Crippen LogP contribution in [0.4, 0.5) is 0 Å². The molecule has 18 heavy (non-hydrogen) atoms. The first-order valence-electron chi connectivity index (χ1n) is 6.78. The Kier molecular flexibility index (Phi) is 2.62. The fourth-order valence-electron chi connectivity index (χ4n) is 3.01. The molecule has 3 heterocycles. The van der Waals surface area contributed by atoms with Crippen LogP contribution in [-0.4, -0.2) is 29.7 Å². The zero-order valence-electron chi connectivity index (χ0n) is 11.8. The molecule has 0 bridgehead atoms. The van der Waals surface area contributed by atoms with Crippen molar-refractivity contribution in [2.45, 2.75) is 44.9 Å². The van der Waals surface area contributed by atoms with Gasteiger partial charge in [-0.15, -0.1) is 11.3 Å². The molecule has 1 fully saturated rings. The quantitative estimate of drug-likeness (QED) is 0.785. The van der Waals surface area contributed by atoms with E-state index in [1.807, 2.05) is 6.92 Å². The Morgan fingerprint density at radius 1 is 1.56 bits per heavy atom. The molecule has 0 saturated carbocycles. The second-order valence-electron chi connectivity index (χ2n) is 5.12. The van der Waals surface area contributed by atoms with E-state index >= 15 is 0 Å². The van der Waals surface area contributed by atoms with Crippen molar-refractivity contribution < 1.29 is 10.8 Å². The van der Waals surface area contributed by atoms with E-state index in [4.69, 9.17) is 15.8 Å². The lowest BCUT2D eigenvalue weighted by Crippen LogP contribution is -2.53. The maximum Gasteiger partial charge on any atom is 0.181 e. The van der Waals surface area contributed by atoms with Gasteiger partial charge in [-0.3, -0.25) is 0 Å². The van der Waals surface area contributed by atoms with Crippen LogP contribution in [0.1, 0.15) is 33.6 Å². The van der Waals surface area contributed by atoms with Gasteiger partial charge in [0.25, 0.3) is 0 Å². The van der Waals surface area contributed by atoms with E-state index in [9.17, 15) is 0 Å². The highest BCUT2D eigenvalue weighted by Crippen LogP contribution is 2.46. The Hall–Kier alpha value is -0.940. The predicted octanol–water partition coefficient (Wildman–Crippen LogP) is 2.60. The molecule has 2 aliphatic rings. The number of ether oxygens (including phenoxy) is 2. The van der Waals surface area contributed by atoms with Crippen LogP contribution in [0.3, 0.4) is 0 Å². The van der Waals surface area contributed by atoms with Gasteiger partial charge in [-0.2, -0.15) is 0 Å². The minimum Gasteiger partial charge on any atom is -0.478 e. The van der Waals surface area contributed by atoms with E-state index in [1.54, 1.807) is 5.38 Å². The van der Waals surface area contributed by atoms with E-state index < -0.39 is 5.54 Å². The topological polar surface area (TPSA) is 43.7 Å². The second kappa shape index (κ2) is 4.31.